The van der Waals surface area contributed by atoms with Gasteiger partial charge in [-0.05, 0) is 54.8 Å². The first kappa shape index (κ1) is 17.6. The van der Waals surface area contributed by atoms with Crippen molar-refractivity contribution in [1.29, 1.82) is 0 Å². The lowest BCUT2D eigenvalue weighted by atomic mass is 10.1. The van der Waals surface area contributed by atoms with Gasteiger partial charge in [0, 0.05) is 10.7 Å². The standard InChI is InChI=1S/C19H18ClN3OS/c1-12-7-13(2)9-16(8-12)22-18(24)11-25-19-21-10-17(23-19)14-3-5-15(20)6-4-14/h3-10H,11H2,1-2H3,(H,21,23)(H,22,24). The van der Waals surface area contributed by atoms with Gasteiger partial charge in [-0.2, -0.15) is 0 Å². The van der Waals surface area contributed by atoms with Crippen molar-refractivity contribution < 1.29 is 4.79 Å². The molecular weight excluding hydrogens is 354 g/mol. The second kappa shape index (κ2) is 7.76. The van der Waals surface area contributed by atoms with Gasteiger partial charge in [0.2, 0.25) is 5.91 Å². The van der Waals surface area contributed by atoms with Crippen LogP contribution in [0.4, 0.5) is 5.69 Å². The lowest BCUT2D eigenvalue weighted by molar-refractivity contribution is -0.113. The van der Waals surface area contributed by atoms with Crippen LogP contribution in [0.2, 0.25) is 5.02 Å². The summed E-state index contributed by atoms with van der Waals surface area (Å²) in [4.78, 5) is 19.7. The quantitative estimate of drug-likeness (QED) is 0.615. The number of nitrogens with zero attached hydrogens (tertiary/aromatic N) is 1. The van der Waals surface area contributed by atoms with Crippen LogP contribution in [-0.4, -0.2) is 21.6 Å². The topological polar surface area (TPSA) is 57.8 Å². The smallest absolute Gasteiger partial charge is 0.234 e. The molecule has 3 rings (SSSR count). The average Bonchev–Trinajstić information content (AvgIpc) is 3.01. The van der Waals surface area contributed by atoms with Gasteiger partial charge < -0.3 is 10.3 Å². The highest BCUT2D eigenvalue weighted by atomic mass is 35.5. The average molecular weight is 372 g/mol. The zero-order valence-electron chi connectivity index (χ0n) is 14.0. The molecule has 3 aromatic rings. The third kappa shape index (κ3) is 4.87. The molecule has 0 bridgehead atoms. The van der Waals surface area contributed by atoms with Gasteiger partial charge in [-0.15, -0.1) is 0 Å². The fourth-order valence-corrected chi connectivity index (χ4v) is 3.31. The van der Waals surface area contributed by atoms with Gasteiger partial charge in [-0.25, -0.2) is 4.98 Å². The Morgan fingerprint density at radius 1 is 1.16 bits per heavy atom. The number of H-pyrrole nitrogens is 1. The molecule has 0 aliphatic carbocycles. The van der Waals surface area contributed by atoms with E-state index >= 15 is 0 Å². The predicted octanol–water partition coefficient (Wildman–Crippen LogP) is 5.08. The largest absolute Gasteiger partial charge is 0.333 e. The molecule has 1 heterocycles. The number of imidazole rings is 1. The number of hydrogen-bond donors (Lipinski definition) is 2. The number of hydrogen-bond acceptors (Lipinski definition) is 3. The molecule has 0 aliphatic heterocycles. The lowest BCUT2D eigenvalue weighted by Gasteiger charge is -2.07. The minimum atomic E-state index is -0.0561. The number of rotatable bonds is 5. The molecular formula is C19H18ClN3OS. The van der Waals surface area contributed by atoms with Gasteiger partial charge in [0.15, 0.2) is 5.16 Å². The maximum atomic E-state index is 12.1. The normalized spacial score (nSPS) is 10.7. The number of aromatic nitrogens is 2. The number of benzene rings is 2. The molecule has 0 aliphatic rings. The van der Waals surface area contributed by atoms with Gasteiger partial charge in [-0.3, -0.25) is 4.79 Å². The summed E-state index contributed by atoms with van der Waals surface area (Å²) in [7, 11) is 0. The van der Waals surface area contributed by atoms with E-state index in [-0.39, 0.29) is 5.91 Å². The molecule has 2 N–H and O–H groups in total. The summed E-state index contributed by atoms with van der Waals surface area (Å²) in [5.41, 5.74) is 4.98. The van der Waals surface area contributed by atoms with E-state index in [1.807, 2.05) is 50.2 Å². The van der Waals surface area contributed by atoms with E-state index in [1.54, 1.807) is 6.20 Å². The van der Waals surface area contributed by atoms with E-state index in [4.69, 9.17) is 11.6 Å². The van der Waals surface area contributed by atoms with Gasteiger partial charge in [-0.1, -0.05) is 41.6 Å². The number of thioether (sulfide) groups is 1. The molecule has 0 fully saturated rings. The maximum absolute atomic E-state index is 12.1. The van der Waals surface area contributed by atoms with Crippen molar-refractivity contribution >= 4 is 35.0 Å². The van der Waals surface area contributed by atoms with Crippen molar-refractivity contribution in [2.24, 2.45) is 0 Å². The second-order valence-corrected chi connectivity index (χ2v) is 7.22. The Hall–Kier alpha value is -2.24. The molecule has 0 saturated heterocycles. The molecule has 128 valence electrons. The molecule has 1 amide bonds. The Labute approximate surface area is 156 Å². The Balaban J connectivity index is 1.58. The number of carbonyl (C=O) groups excluding carboxylic acids is 1. The number of halogens is 1. The fourth-order valence-electron chi connectivity index (χ4n) is 2.53. The van der Waals surface area contributed by atoms with Gasteiger partial charge >= 0.3 is 0 Å². The van der Waals surface area contributed by atoms with Crippen LogP contribution in [-0.2, 0) is 4.79 Å². The van der Waals surface area contributed by atoms with Crippen LogP contribution in [0.3, 0.4) is 0 Å². The van der Waals surface area contributed by atoms with Crippen LogP contribution >= 0.6 is 23.4 Å². The van der Waals surface area contributed by atoms with Crippen LogP contribution in [0.15, 0.2) is 53.8 Å². The van der Waals surface area contributed by atoms with Crippen molar-refractivity contribution in [1.82, 2.24) is 9.97 Å². The van der Waals surface area contributed by atoms with E-state index < -0.39 is 0 Å². The Bertz CT molecular complexity index is 870. The monoisotopic (exact) mass is 371 g/mol. The minimum Gasteiger partial charge on any atom is -0.333 e. The van der Waals surface area contributed by atoms with E-state index in [1.165, 1.54) is 11.8 Å². The molecule has 25 heavy (non-hydrogen) atoms. The molecule has 4 nitrogen and oxygen atoms in total. The number of aromatic amines is 1. The summed E-state index contributed by atoms with van der Waals surface area (Å²) in [6.07, 6.45) is 1.76. The summed E-state index contributed by atoms with van der Waals surface area (Å²) in [5.74, 6) is 0.236. The number of aryl methyl sites for hydroxylation is 2. The summed E-state index contributed by atoms with van der Waals surface area (Å²) in [6.45, 7) is 4.02. The summed E-state index contributed by atoms with van der Waals surface area (Å²) in [5, 5.41) is 4.33. The lowest BCUT2D eigenvalue weighted by Crippen LogP contribution is -2.14. The van der Waals surface area contributed by atoms with Crippen molar-refractivity contribution in [2.75, 3.05) is 11.1 Å². The molecule has 6 heteroatoms. The first-order valence-corrected chi connectivity index (χ1v) is 9.18. The Morgan fingerprint density at radius 2 is 1.84 bits per heavy atom. The first-order valence-electron chi connectivity index (χ1n) is 7.81. The molecule has 0 unspecified atom stereocenters. The van der Waals surface area contributed by atoms with E-state index in [0.717, 1.165) is 28.1 Å². The molecule has 1 aromatic heterocycles. The number of amides is 1. The zero-order chi connectivity index (χ0) is 17.8. The zero-order valence-corrected chi connectivity index (χ0v) is 15.5. The Morgan fingerprint density at radius 3 is 2.52 bits per heavy atom. The third-order valence-corrected chi connectivity index (χ3v) is 4.69. The highest BCUT2D eigenvalue weighted by Crippen LogP contribution is 2.23. The van der Waals surface area contributed by atoms with Gasteiger partial charge in [0.05, 0.1) is 17.6 Å². The van der Waals surface area contributed by atoms with Crippen molar-refractivity contribution in [3.63, 3.8) is 0 Å². The van der Waals surface area contributed by atoms with Crippen molar-refractivity contribution in [3.8, 4) is 11.3 Å². The number of anilines is 1. The van der Waals surface area contributed by atoms with Crippen LogP contribution in [0.25, 0.3) is 11.3 Å². The van der Waals surface area contributed by atoms with Crippen LogP contribution in [0, 0.1) is 13.8 Å². The summed E-state index contributed by atoms with van der Waals surface area (Å²) in [6, 6.07) is 13.5. The van der Waals surface area contributed by atoms with Crippen LogP contribution < -0.4 is 5.32 Å². The summed E-state index contributed by atoms with van der Waals surface area (Å²) < 4.78 is 0. The molecule has 0 saturated carbocycles. The van der Waals surface area contributed by atoms with Crippen LogP contribution in [0.1, 0.15) is 11.1 Å². The third-order valence-electron chi connectivity index (χ3n) is 3.55. The fraction of sp³-hybridized carbons (Fsp3) is 0.158. The van der Waals surface area contributed by atoms with Gasteiger partial charge in [0.25, 0.3) is 0 Å². The van der Waals surface area contributed by atoms with E-state index in [0.29, 0.717) is 15.9 Å². The van der Waals surface area contributed by atoms with Crippen LogP contribution in [0.5, 0.6) is 0 Å². The van der Waals surface area contributed by atoms with E-state index in [9.17, 15) is 4.79 Å². The number of carbonyl (C=O) groups is 1. The first-order chi connectivity index (χ1) is 12.0. The Kier molecular flexibility index (Phi) is 5.46. The highest BCUT2D eigenvalue weighted by Gasteiger charge is 2.08. The highest BCUT2D eigenvalue weighted by molar-refractivity contribution is 7.99. The second-order valence-electron chi connectivity index (χ2n) is 5.82. The predicted molar refractivity (Wildman–Crippen MR) is 104 cm³/mol. The molecule has 0 atom stereocenters. The van der Waals surface area contributed by atoms with Gasteiger partial charge in [0.1, 0.15) is 0 Å². The van der Waals surface area contributed by atoms with Crippen molar-refractivity contribution in [2.45, 2.75) is 19.0 Å². The molecule has 2 aromatic carbocycles. The SMILES string of the molecule is Cc1cc(C)cc(NC(=O)CSc2ncc(-c3ccc(Cl)cc3)[nH]2)c1. The molecule has 0 radical (unpaired) electrons. The summed E-state index contributed by atoms with van der Waals surface area (Å²) >= 11 is 7.27. The van der Waals surface area contributed by atoms with E-state index in [2.05, 4.69) is 21.4 Å². The molecule has 0 spiro atoms. The van der Waals surface area contributed by atoms with Crippen molar-refractivity contribution in [3.05, 3.63) is 64.8 Å². The minimum absolute atomic E-state index is 0.0561. The maximum Gasteiger partial charge on any atom is 0.234 e. The number of nitrogens with one attached hydrogen (secondary N) is 2.